The van der Waals surface area contributed by atoms with Gasteiger partial charge >= 0.3 is 0 Å². The maximum Gasteiger partial charge on any atom is 0.265 e. The summed E-state index contributed by atoms with van der Waals surface area (Å²) in [4.78, 5) is 26.5. The average molecular weight is 265 g/mol. The van der Waals surface area contributed by atoms with Crippen LogP contribution in [-0.2, 0) is 4.79 Å². The molecule has 3 heteroatoms. The first-order valence-electron chi connectivity index (χ1n) is 6.76. The number of imide groups is 1. The first-order chi connectivity index (χ1) is 9.74. The normalized spacial score (nSPS) is 18.1. The van der Waals surface area contributed by atoms with Crippen molar-refractivity contribution in [2.75, 3.05) is 4.90 Å². The number of carbonyl (C=O) groups is 2. The van der Waals surface area contributed by atoms with E-state index in [1.54, 1.807) is 18.2 Å². The van der Waals surface area contributed by atoms with Gasteiger partial charge in [0.2, 0.25) is 5.91 Å². The molecule has 2 aromatic carbocycles. The number of amides is 2. The minimum atomic E-state index is -0.246. The fourth-order valence-corrected chi connectivity index (χ4v) is 2.72. The minimum Gasteiger partial charge on any atom is -0.273 e. The second-order valence-electron chi connectivity index (χ2n) is 4.86. The van der Waals surface area contributed by atoms with E-state index in [0.29, 0.717) is 17.7 Å². The molecule has 3 rings (SSSR count). The standard InChI is InChI=1S/C17H15NO2/c1-2-13-14-10-6-7-11-15(14)17(20)18(16(13)19)12-8-4-3-5-9-12/h3-11,13H,2H2,1H3. The van der Waals surface area contributed by atoms with E-state index in [1.165, 1.54) is 4.90 Å². The first kappa shape index (κ1) is 12.6. The van der Waals surface area contributed by atoms with E-state index in [1.807, 2.05) is 43.3 Å². The van der Waals surface area contributed by atoms with E-state index >= 15 is 0 Å². The maximum atomic E-state index is 12.6. The number of nitrogens with zero attached hydrogens (tertiary/aromatic N) is 1. The number of anilines is 1. The number of hydrogen-bond donors (Lipinski definition) is 0. The molecule has 1 aliphatic heterocycles. The molecule has 0 radical (unpaired) electrons. The molecule has 1 heterocycles. The second kappa shape index (κ2) is 4.93. The molecule has 3 nitrogen and oxygen atoms in total. The Morgan fingerprint density at radius 1 is 0.950 bits per heavy atom. The maximum absolute atomic E-state index is 12.6. The zero-order valence-electron chi connectivity index (χ0n) is 11.2. The third-order valence-corrected chi connectivity index (χ3v) is 3.71. The van der Waals surface area contributed by atoms with Crippen LogP contribution in [-0.4, -0.2) is 11.8 Å². The van der Waals surface area contributed by atoms with Crippen molar-refractivity contribution < 1.29 is 9.59 Å². The van der Waals surface area contributed by atoms with Crippen LogP contribution in [0.5, 0.6) is 0 Å². The highest BCUT2D eigenvalue weighted by Gasteiger charge is 2.38. The van der Waals surface area contributed by atoms with Crippen molar-refractivity contribution in [2.45, 2.75) is 19.3 Å². The molecule has 0 saturated heterocycles. The fourth-order valence-electron chi connectivity index (χ4n) is 2.72. The predicted molar refractivity (Wildman–Crippen MR) is 77.7 cm³/mol. The quantitative estimate of drug-likeness (QED) is 0.781. The second-order valence-corrected chi connectivity index (χ2v) is 4.86. The van der Waals surface area contributed by atoms with Crippen molar-refractivity contribution in [3.8, 4) is 0 Å². The molecular formula is C17H15NO2. The van der Waals surface area contributed by atoms with Crippen LogP contribution in [0.3, 0.4) is 0 Å². The van der Waals surface area contributed by atoms with Gasteiger partial charge in [-0.05, 0) is 30.2 Å². The minimum absolute atomic E-state index is 0.137. The molecular weight excluding hydrogens is 250 g/mol. The van der Waals surface area contributed by atoms with Gasteiger partial charge in [-0.15, -0.1) is 0 Å². The molecule has 100 valence electrons. The predicted octanol–water partition coefficient (Wildman–Crippen LogP) is 3.37. The number of fused-ring (bicyclic) bond motifs is 1. The molecule has 0 N–H and O–H groups in total. The number of carbonyl (C=O) groups excluding carboxylic acids is 2. The SMILES string of the molecule is CCC1C(=O)N(c2ccccc2)C(=O)c2ccccc21. The molecule has 2 amide bonds. The number of para-hydroxylation sites is 1. The van der Waals surface area contributed by atoms with Crippen LogP contribution >= 0.6 is 0 Å². The summed E-state index contributed by atoms with van der Waals surface area (Å²) >= 11 is 0. The summed E-state index contributed by atoms with van der Waals surface area (Å²) in [6, 6.07) is 16.5. The van der Waals surface area contributed by atoms with Gasteiger partial charge in [-0.1, -0.05) is 43.3 Å². The van der Waals surface area contributed by atoms with Crippen LogP contribution < -0.4 is 4.90 Å². The van der Waals surface area contributed by atoms with E-state index in [-0.39, 0.29) is 17.7 Å². The van der Waals surface area contributed by atoms with Crippen LogP contribution in [0.15, 0.2) is 54.6 Å². The van der Waals surface area contributed by atoms with Gasteiger partial charge in [0.05, 0.1) is 11.6 Å². The van der Waals surface area contributed by atoms with Gasteiger partial charge in [0.1, 0.15) is 0 Å². The molecule has 0 saturated carbocycles. The van der Waals surface area contributed by atoms with E-state index < -0.39 is 0 Å². The lowest BCUT2D eigenvalue weighted by Gasteiger charge is -2.32. The number of rotatable bonds is 2. The number of hydrogen-bond acceptors (Lipinski definition) is 2. The Morgan fingerprint density at radius 2 is 1.60 bits per heavy atom. The number of benzene rings is 2. The van der Waals surface area contributed by atoms with Gasteiger partial charge in [0.15, 0.2) is 0 Å². The van der Waals surface area contributed by atoms with Crippen molar-refractivity contribution in [2.24, 2.45) is 0 Å². The molecule has 0 bridgehead atoms. The van der Waals surface area contributed by atoms with Crippen LogP contribution in [0.1, 0.15) is 35.2 Å². The third-order valence-electron chi connectivity index (χ3n) is 3.71. The Kier molecular flexibility index (Phi) is 3.11. The smallest absolute Gasteiger partial charge is 0.265 e. The molecule has 0 spiro atoms. The lowest BCUT2D eigenvalue weighted by Crippen LogP contribution is -2.44. The monoisotopic (exact) mass is 265 g/mol. The highest BCUT2D eigenvalue weighted by Crippen LogP contribution is 2.34. The van der Waals surface area contributed by atoms with Gasteiger partial charge in [0, 0.05) is 5.56 Å². The Balaban J connectivity index is 2.15. The van der Waals surface area contributed by atoms with E-state index in [0.717, 1.165) is 5.56 Å². The van der Waals surface area contributed by atoms with Gasteiger partial charge < -0.3 is 0 Å². The Labute approximate surface area is 117 Å². The lowest BCUT2D eigenvalue weighted by molar-refractivity contribution is -0.119. The van der Waals surface area contributed by atoms with Crippen molar-refractivity contribution >= 4 is 17.5 Å². The Hall–Kier alpha value is -2.42. The Bertz CT molecular complexity index is 664. The third kappa shape index (κ3) is 1.83. The molecule has 1 atom stereocenters. The summed E-state index contributed by atoms with van der Waals surface area (Å²) < 4.78 is 0. The summed E-state index contributed by atoms with van der Waals surface area (Å²) in [5.74, 6) is -0.618. The van der Waals surface area contributed by atoms with Gasteiger partial charge in [-0.25, -0.2) is 4.90 Å². The molecule has 20 heavy (non-hydrogen) atoms. The van der Waals surface area contributed by atoms with E-state index in [9.17, 15) is 9.59 Å². The first-order valence-corrected chi connectivity index (χ1v) is 6.76. The van der Waals surface area contributed by atoms with E-state index in [2.05, 4.69) is 0 Å². The van der Waals surface area contributed by atoms with Crippen molar-refractivity contribution in [3.63, 3.8) is 0 Å². The summed E-state index contributed by atoms with van der Waals surface area (Å²) in [5.41, 5.74) is 2.11. The highest BCUT2D eigenvalue weighted by molar-refractivity contribution is 6.26. The summed E-state index contributed by atoms with van der Waals surface area (Å²) in [7, 11) is 0. The fraction of sp³-hybridized carbons (Fsp3) is 0.176. The zero-order chi connectivity index (χ0) is 14.1. The van der Waals surface area contributed by atoms with Crippen LogP contribution in [0, 0.1) is 0 Å². The molecule has 0 aromatic heterocycles. The van der Waals surface area contributed by atoms with Crippen LogP contribution in [0.25, 0.3) is 0 Å². The summed E-state index contributed by atoms with van der Waals surface area (Å²) in [6.07, 6.45) is 0.687. The lowest BCUT2D eigenvalue weighted by atomic mass is 9.86. The molecule has 0 fully saturated rings. The van der Waals surface area contributed by atoms with Crippen LogP contribution in [0.2, 0.25) is 0 Å². The summed E-state index contributed by atoms with van der Waals surface area (Å²) in [6.45, 7) is 1.97. The average Bonchev–Trinajstić information content (AvgIpc) is 2.49. The zero-order valence-corrected chi connectivity index (χ0v) is 11.2. The topological polar surface area (TPSA) is 37.4 Å². The molecule has 1 unspecified atom stereocenters. The van der Waals surface area contributed by atoms with Crippen molar-refractivity contribution in [3.05, 3.63) is 65.7 Å². The molecule has 0 aliphatic carbocycles. The van der Waals surface area contributed by atoms with Gasteiger partial charge in [-0.3, -0.25) is 9.59 Å². The molecule has 2 aromatic rings. The highest BCUT2D eigenvalue weighted by atomic mass is 16.2. The van der Waals surface area contributed by atoms with Crippen molar-refractivity contribution in [1.29, 1.82) is 0 Å². The van der Waals surface area contributed by atoms with Crippen molar-refractivity contribution in [1.82, 2.24) is 0 Å². The van der Waals surface area contributed by atoms with Gasteiger partial charge in [-0.2, -0.15) is 0 Å². The van der Waals surface area contributed by atoms with Crippen LogP contribution in [0.4, 0.5) is 5.69 Å². The molecule has 1 aliphatic rings. The van der Waals surface area contributed by atoms with E-state index in [4.69, 9.17) is 0 Å². The van der Waals surface area contributed by atoms with Gasteiger partial charge in [0.25, 0.3) is 5.91 Å². The Morgan fingerprint density at radius 3 is 2.30 bits per heavy atom. The largest absolute Gasteiger partial charge is 0.273 e. The summed E-state index contributed by atoms with van der Waals surface area (Å²) in [5, 5.41) is 0.